The number of carbonyl (C=O) groups is 2. The van der Waals surface area contributed by atoms with E-state index in [4.69, 9.17) is 11.6 Å². The van der Waals surface area contributed by atoms with Crippen LogP contribution in [0.25, 0.3) is 0 Å². The summed E-state index contributed by atoms with van der Waals surface area (Å²) in [6.07, 6.45) is 3.72. The molecule has 2 aliphatic rings. The molecule has 0 bridgehead atoms. The Hall–Kier alpha value is -3.39. The van der Waals surface area contributed by atoms with Gasteiger partial charge in [-0.25, -0.2) is 4.39 Å². The Balaban J connectivity index is 1.34. The van der Waals surface area contributed by atoms with Gasteiger partial charge in [0.05, 0.1) is 17.8 Å². The monoisotopic (exact) mass is 482 g/mol. The molecular weight excluding hydrogens is 459 g/mol. The molecule has 1 aliphatic heterocycles. The molecule has 0 saturated carbocycles. The summed E-state index contributed by atoms with van der Waals surface area (Å²) in [5, 5.41) is 16.8. The molecule has 1 saturated heterocycles. The van der Waals surface area contributed by atoms with Crippen molar-refractivity contribution in [3.05, 3.63) is 81.9 Å². The molecule has 1 aliphatic carbocycles. The Bertz CT molecular complexity index is 1280. The SMILES string of the molecule is Cn1ncc(C(=O)N2CCC3(CC2)CC(NC(=O)c2ccc(O)c(F)c2)c2ccccc23)c1Cl. The number of benzene rings is 2. The summed E-state index contributed by atoms with van der Waals surface area (Å²) in [7, 11) is 1.70. The highest BCUT2D eigenvalue weighted by atomic mass is 35.5. The van der Waals surface area contributed by atoms with Gasteiger partial charge in [-0.15, -0.1) is 0 Å². The van der Waals surface area contributed by atoms with Crippen LogP contribution >= 0.6 is 11.6 Å². The lowest BCUT2D eigenvalue weighted by Crippen LogP contribution is -2.44. The molecule has 1 fully saturated rings. The third-order valence-corrected chi connectivity index (χ3v) is 7.57. The van der Waals surface area contributed by atoms with E-state index < -0.39 is 17.5 Å². The highest BCUT2D eigenvalue weighted by molar-refractivity contribution is 6.32. The second-order valence-corrected chi connectivity index (χ2v) is 9.39. The van der Waals surface area contributed by atoms with Crippen molar-refractivity contribution in [1.29, 1.82) is 0 Å². The maximum absolute atomic E-state index is 13.8. The molecule has 0 radical (unpaired) electrons. The Morgan fingerprint density at radius 3 is 2.62 bits per heavy atom. The van der Waals surface area contributed by atoms with Crippen molar-refractivity contribution in [3.8, 4) is 5.75 Å². The summed E-state index contributed by atoms with van der Waals surface area (Å²) in [4.78, 5) is 27.6. The summed E-state index contributed by atoms with van der Waals surface area (Å²) in [6, 6.07) is 11.4. The third-order valence-electron chi connectivity index (χ3n) is 7.12. The van der Waals surface area contributed by atoms with Gasteiger partial charge >= 0.3 is 0 Å². The van der Waals surface area contributed by atoms with E-state index in [1.807, 2.05) is 23.1 Å². The van der Waals surface area contributed by atoms with Crippen molar-refractivity contribution in [1.82, 2.24) is 20.0 Å². The van der Waals surface area contributed by atoms with Crippen molar-refractivity contribution in [2.75, 3.05) is 13.1 Å². The van der Waals surface area contributed by atoms with Crippen LogP contribution in [0.5, 0.6) is 5.75 Å². The van der Waals surface area contributed by atoms with Gasteiger partial charge in [-0.2, -0.15) is 5.10 Å². The van der Waals surface area contributed by atoms with Gasteiger partial charge in [-0.3, -0.25) is 14.3 Å². The first-order chi connectivity index (χ1) is 16.3. The number of rotatable bonds is 3. The molecule has 34 heavy (non-hydrogen) atoms. The molecule has 1 aromatic heterocycles. The van der Waals surface area contributed by atoms with E-state index in [-0.39, 0.29) is 22.9 Å². The van der Waals surface area contributed by atoms with E-state index in [0.717, 1.165) is 24.5 Å². The summed E-state index contributed by atoms with van der Waals surface area (Å²) in [5.41, 5.74) is 2.62. The van der Waals surface area contributed by atoms with Crippen molar-refractivity contribution >= 4 is 23.4 Å². The standard InChI is InChI=1S/C25H24ClFN4O3/c1-30-22(26)17(14-28-30)24(34)31-10-8-25(9-11-31)13-20(16-4-2-3-5-18(16)25)29-23(33)15-6-7-21(32)19(27)12-15/h2-7,12,14,20,32H,8-11,13H2,1H3,(H,29,33). The second kappa shape index (κ2) is 8.43. The first kappa shape index (κ1) is 22.4. The van der Waals surface area contributed by atoms with E-state index in [1.54, 1.807) is 7.05 Å². The number of likely N-dealkylation sites (tertiary alicyclic amines) is 1. The van der Waals surface area contributed by atoms with Crippen molar-refractivity contribution < 1.29 is 19.1 Å². The average molecular weight is 483 g/mol. The first-order valence-electron chi connectivity index (χ1n) is 11.1. The topological polar surface area (TPSA) is 87.5 Å². The van der Waals surface area contributed by atoms with E-state index in [2.05, 4.69) is 16.5 Å². The Morgan fingerprint density at radius 1 is 1.21 bits per heavy atom. The normalized spacial score (nSPS) is 18.7. The number of aromatic hydroxyl groups is 1. The fourth-order valence-electron chi connectivity index (χ4n) is 5.26. The maximum atomic E-state index is 13.8. The molecule has 2 heterocycles. The molecule has 1 spiro atoms. The highest BCUT2D eigenvalue weighted by Crippen LogP contribution is 2.51. The number of nitrogens with one attached hydrogen (secondary N) is 1. The van der Waals surface area contributed by atoms with Crippen LogP contribution in [0.3, 0.4) is 0 Å². The molecule has 1 unspecified atom stereocenters. The van der Waals surface area contributed by atoms with Gasteiger partial charge in [0, 0.05) is 31.1 Å². The number of nitrogens with zero attached hydrogens (tertiary/aromatic N) is 3. The molecule has 176 valence electrons. The first-order valence-corrected chi connectivity index (χ1v) is 11.5. The molecule has 1 atom stereocenters. The van der Waals surface area contributed by atoms with Crippen LogP contribution in [0.4, 0.5) is 4.39 Å². The molecule has 3 aromatic rings. The smallest absolute Gasteiger partial charge is 0.258 e. The predicted molar refractivity (Wildman–Crippen MR) is 124 cm³/mol. The van der Waals surface area contributed by atoms with E-state index >= 15 is 0 Å². The van der Waals surface area contributed by atoms with Crippen LogP contribution in [0.1, 0.15) is 57.1 Å². The number of carbonyl (C=O) groups excluding carboxylic acids is 2. The summed E-state index contributed by atoms with van der Waals surface area (Å²) >= 11 is 6.22. The number of amides is 2. The number of hydrogen-bond donors (Lipinski definition) is 2. The van der Waals surface area contributed by atoms with Crippen molar-refractivity contribution in [2.45, 2.75) is 30.7 Å². The molecule has 2 N–H and O–H groups in total. The highest BCUT2D eigenvalue weighted by Gasteiger charge is 2.46. The Kier molecular flexibility index (Phi) is 5.56. The minimum Gasteiger partial charge on any atom is -0.505 e. The molecule has 9 heteroatoms. The summed E-state index contributed by atoms with van der Waals surface area (Å²) in [5.74, 6) is -1.84. The van der Waals surface area contributed by atoms with Crippen molar-refractivity contribution in [3.63, 3.8) is 0 Å². The van der Waals surface area contributed by atoms with Gasteiger partial charge in [0.15, 0.2) is 11.6 Å². The van der Waals surface area contributed by atoms with Gasteiger partial charge in [0.25, 0.3) is 11.8 Å². The lowest BCUT2D eigenvalue weighted by Gasteiger charge is -2.40. The van der Waals surface area contributed by atoms with Gasteiger partial charge in [0.2, 0.25) is 0 Å². The van der Waals surface area contributed by atoms with E-state index in [1.165, 1.54) is 28.6 Å². The zero-order valence-electron chi connectivity index (χ0n) is 18.6. The van der Waals surface area contributed by atoms with Gasteiger partial charge in [0.1, 0.15) is 5.15 Å². The van der Waals surface area contributed by atoms with Crippen LogP contribution < -0.4 is 5.32 Å². The number of aryl methyl sites for hydroxylation is 1. The zero-order valence-corrected chi connectivity index (χ0v) is 19.3. The minimum absolute atomic E-state index is 0.126. The lowest BCUT2D eigenvalue weighted by molar-refractivity contribution is 0.0661. The fourth-order valence-corrected chi connectivity index (χ4v) is 5.43. The van der Waals surface area contributed by atoms with Crippen molar-refractivity contribution in [2.24, 2.45) is 7.05 Å². The number of halogens is 2. The zero-order chi connectivity index (χ0) is 24.0. The number of hydrogen-bond acceptors (Lipinski definition) is 4. The molecule has 7 nitrogen and oxygen atoms in total. The number of piperidine rings is 1. The Labute approximate surface area is 201 Å². The molecule has 5 rings (SSSR count). The van der Waals surface area contributed by atoms with Crippen LogP contribution in [0, 0.1) is 5.82 Å². The van der Waals surface area contributed by atoms with Crippen LogP contribution in [0.2, 0.25) is 5.15 Å². The lowest BCUT2D eigenvalue weighted by atomic mass is 9.73. The van der Waals surface area contributed by atoms with Crippen LogP contribution in [0.15, 0.2) is 48.7 Å². The minimum atomic E-state index is -0.832. The molecular formula is C25H24ClFN4O3. The number of fused-ring (bicyclic) bond motifs is 2. The van der Waals surface area contributed by atoms with E-state index in [0.29, 0.717) is 30.2 Å². The number of phenols is 1. The van der Waals surface area contributed by atoms with Gasteiger partial charge in [-0.05, 0) is 48.6 Å². The summed E-state index contributed by atoms with van der Waals surface area (Å²) < 4.78 is 15.2. The van der Waals surface area contributed by atoms with Gasteiger partial charge < -0.3 is 15.3 Å². The molecule has 2 aromatic carbocycles. The Morgan fingerprint density at radius 2 is 1.94 bits per heavy atom. The third kappa shape index (κ3) is 3.72. The fraction of sp³-hybridized carbons (Fsp3) is 0.320. The number of aromatic nitrogens is 2. The average Bonchev–Trinajstić information content (AvgIpc) is 3.33. The largest absolute Gasteiger partial charge is 0.505 e. The summed E-state index contributed by atoms with van der Waals surface area (Å²) in [6.45, 7) is 1.14. The maximum Gasteiger partial charge on any atom is 0.258 e. The predicted octanol–water partition coefficient (Wildman–Crippen LogP) is 3.97. The molecule has 2 amide bonds. The van der Waals surface area contributed by atoms with Crippen LogP contribution in [-0.2, 0) is 12.5 Å². The van der Waals surface area contributed by atoms with E-state index in [9.17, 15) is 19.1 Å². The number of phenolic OH excluding ortho intramolecular Hbond substituents is 1. The quantitative estimate of drug-likeness (QED) is 0.591. The van der Waals surface area contributed by atoms with Gasteiger partial charge in [-0.1, -0.05) is 35.9 Å². The van der Waals surface area contributed by atoms with Crippen LogP contribution in [-0.4, -0.2) is 44.7 Å². The second-order valence-electron chi connectivity index (χ2n) is 9.03.